The van der Waals surface area contributed by atoms with E-state index in [4.69, 9.17) is 12.2 Å². The van der Waals surface area contributed by atoms with Crippen molar-refractivity contribution in [3.05, 3.63) is 35.5 Å². The summed E-state index contributed by atoms with van der Waals surface area (Å²) in [7, 11) is 2.03. The van der Waals surface area contributed by atoms with E-state index in [-0.39, 0.29) is 0 Å². The average Bonchev–Trinajstić information content (AvgIpc) is 2.57. The number of terminal acetylenes is 1. The fourth-order valence-electron chi connectivity index (χ4n) is 2.00. The van der Waals surface area contributed by atoms with E-state index in [1.54, 1.807) is 0 Å². The summed E-state index contributed by atoms with van der Waals surface area (Å²) >= 11 is 0. The molecule has 1 aromatic heterocycles. The van der Waals surface area contributed by atoms with Gasteiger partial charge in [0.1, 0.15) is 0 Å². The maximum atomic E-state index is 5.59. The highest BCUT2D eigenvalue weighted by atomic mass is 14.9. The Bertz CT molecular complexity index is 529. The molecule has 0 aliphatic rings. The Kier molecular flexibility index (Phi) is 2.49. The highest BCUT2D eigenvalue weighted by molar-refractivity contribution is 5.89. The summed E-state index contributed by atoms with van der Waals surface area (Å²) in [5.74, 6) is 2.73. The molecule has 0 saturated carbocycles. The lowest BCUT2D eigenvalue weighted by Gasteiger charge is -1.99. The lowest BCUT2D eigenvalue weighted by molar-refractivity contribution is 0.929. The van der Waals surface area contributed by atoms with Crippen LogP contribution in [0, 0.1) is 12.3 Å². The quantitative estimate of drug-likeness (QED) is 0.731. The molecule has 0 unspecified atom stereocenters. The first-order valence-electron chi connectivity index (χ1n) is 5.01. The predicted octanol–water partition coefficient (Wildman–Crippen LogP) is 1.66. The Morgan fingerprint density at radius 1 is 1.47 bits per heavy atom. The lowest BCUT2D eigenvalue weighted by Crippen LogP contribution is -2.02. The van der Waals surface area contributed by atoms with Crippen LogP contribution in [0.2, 0.25) is 0 Å². The molecule has 0 radical (unpaired) electrons. The normalized spacial score (nSPS) is 10.5. The van der Waals surface area contributed by atoms with Crippen LogP contribution in [0.5, 0.6) is 0 Å². The average molecular weight is 198 g/mol. The molecule has 2 rings (SSSR count). The van der Waals surface area contributed by atoms with Crippen LogP contribution in [0.15, 0.2) is 24.4 Å². The van der Waals surface area contributed by atoms with E-state index in [0.29, 0.717) is 6.54 Å². The number of rotatable bonds is 2. The van der Waals surface area contributed by atoms with Crippen molar-refractivity contribution in [3.63, 3.8) is 0 Å². The van der Waals surface area contributed by atoms with Gasteiger partial charge >= 0.3 is 0 Å². The van der Waals surface area contributed by atoms with E-state index in [9.17, 15) is 0 Å². The number of fused-ring (bicyclic) bond motifs is 1. The van der Waals surface area contributed by atoms with Gasteiger partial charge in [0.05, 0.1) is 0 Å². The van der Waals surface area contributed by atoms with Gasteiger partial charge in [-0.05, 0) is 30.7 Å². The summed E-state index contributed by atoms with van der Waals surface area (Å²) in [6.07, 6.45) is 8.48. The van der Waals surface area contributed by atoms with E-state index in [1.807, 2.05) is 19.2 Å². The second-order valence-electron chi connectivity index (χ2n) is 3.65. The van der Waals surface area contributed by atoms with Gasteiger partial charge in [0.2, 0.25) is 0 Å². The molecule has 0 aliphatic heterocycles. The summed E-state index contributed by atoms with van der Waals surface area (Å²) in [6.45, 7) is 0.651. The number of hydrogen-bond acceptors (Lipinski definition) is 1. The maximum Gasteiger partial charge on any atom is 0.0493 e. The molecule has 0 bridgehead atoms. The molecule has 1 aromatic carbocycles. The molecule has 15 heavy (non-hydrogen) atoms. The third-order valence-electron chi connectivity index (χ3n) is 2.66. The molecule has 2 heteroatoms. The molecular formula is C13H14N2. The molecule has 0 saturated heterocycles. The van der Waals surface area contributed by atoms with E-state index < -0.39 is 0 Å². The highest BCUT2D eigenvalue weighted by Gasteiger charge is 2.08. The third kappa shape index (κ3) is 1.51. The van der Waals surface area contributed by atoms with Crippen molar-refractivity contribution in [2.24, 2.45) is 12.8 Å². The van der Waals surface area contributed by atoms with Gasteiger partial charge in [-0.1, -0.05) is 12.0 Å². The summed E-state index contributed by atoms with van der Waals surface area (Å²) in [5.41, 5.74) is 8.96. The summed E-state index contributed by atoms with van der Waals surface area (Å²) < 4.78 is 2.10. The Morgan fingerprint density at radius 2 is 2.27 bits per heavy atom. The van der Waals surface area contributed by atoms with Gasteiger partial charge in [-0.3, -0.25) is 0 Å². The largest absolute Gasteiger partial charge is 0.350 e. The number of nitrogens with two attached hydrogens (primary N) is 1. The van der Waals surface area contributed by atoms with Gasteiger partial charge in [0.25, 0.3) is 0 Å². The minimum Gasteiger partial charge on any atom is -0.350 e. The van der Waals surface area contributed by atoms with Crippen molar-refractivity contribution in [1.29, 1.82) is 0 Å². The van der Waals surface area contributed by atoms with Crippen molar-refractivity contribution in [3.8, 4) is 12.3 Å². The third-order valence-corrected chi connectivity index (χ3v) is 2.66. The van der Waals surface area contributed by atoms with Gasteiger partial charge < -0.3 is 10.3 Å². The van der Waals surface area contributed by atoms with Gasteiger partial charge in [0, 0.05) is 29.7 Å². The minimum atomic E-state index is 0.651. The number of aryl methyl sites for hydroxylation is 1. The second-order valence-corrected chi connectivity index (χ2v) is 3.65. The molecule has 0 spiro atoms. The van der Waals surface area contributed by atoms with Crippen molar-refractivity contribution >= 4 is 10.9 Å². The SMILES string of the molecule is C#Cc1cccc2c1c(CCN)cn2C. The van der Waals surface area contributed by atoms with E-state index in [0.717, 1.165) is 12.0 Å². The van der Waals surface area contributed by atoms with Gasteiger partial charge in [0.15, 0.2) is 0 Å². The van der Waals surface area contributed by atoms with Crippen LogP contribution in [-0.4, -0.2) is 11.1 Å². The zero-order chi connectivity index (χ0) is 10.8. The van der Waals surface area contributed by atoms with E-state index >= 15 is 0 Å². The van der Waals surface area contributed by atoms with Crippen LogP contribution >= 0.6 is 0 Å². The number of aromatic nitrogens is 1. The highest BCUT2D eigenvalue weighted by Crippen LogP contribution is 2.24. The van der Waals surface area contributed by atoms with Crippen LogP contribution in [0.1, 0.15) is 11.1 Å². The summed E-state index contributed by atoms with van der Waals surface area (Å²) in [4.78, 5) is 0. The standard InChI is InChI=1S/C13H14N2/c1-3-10-5-4-6-12-13(10)11(7-8-14)9-15(12)2/h1,4-6,9H,7-8,14H2,2H3. The van der Waals surface area contributed by atoms with Crippen LogP contribution in [0.3, 0.4) is 0 Å². The molecule has 2 N–H and O–H groups in total. The van der Waals surface area contributed by atoms with Crippen molar-refractivity contribution in [2.75, 3.05) is 6.54 Å². The molecule has 0 fully saturated rings. The monoisotopic (exact) mass is 198 g/mol. The zero-order valence-electron chi connectivity index (χ0n) is 8.83. The minimum absolute atomic E-state index is 0.651. The van der Waals surface area contributed by atoms with Crippen LogP contribution in [0.4, 0.5) is 0 Å². The number of nitrogens with zero attached hydrogens (tertiary/aromatic N) is 1. The lowest BCUT2D eigenvalue weighted by atomic mass is 10.1. The first kappa shape index (κ1) is 9.82. The van der Waals surface area contributed by atoms with Gasteiger partial charge in [-0.15, -0.1) is 6.42 Å². The fraction of sp³-hybridized carbons (Fsp3) is 0.231. The van der Waals surface area contributed by atoms with Crippen LogP contribution in [-0.2, 0) is 13.5 Å². The molecule has 1 heterocycles. The number of benzene rings is 1. The van der Waals surface area contributed by atoms with E-state index in [1.165, 1.54) is 16.5 Å². The molecule has 0 atom stereocenters. The van der Waals surface area contributed by atoms with Crippen molar-refractivity contribution in [1.82, 2.24) is 4.57 Å². The Hall–Kier alpha value is -1.72. The summed E-state index contributed by atoms with van der Waals surface area (Å²) in [6, 6.07) is 6.04. The smallest absolute Gasteiger partial charge is 0.0493 e. The van der Waals surface area contributed by atoms with Crippen molar-refractivity contribution < 1.29 is 0 Å². The molecule has 0 amide bonds. The zero-order valence-corrected chi connectivity index (χ0v) is 8.83. The van der Waals surface area contributed by atoms with Crippen LogP contribution in [0.25, 0.3) is 10.9 Å². The Balaban J connectivity index is 2.77. The first-order valence-corrected chi connectivity index (χ1v) is 5.01. The molecule has 76 valence electrons. The maximum absolute atomic E-state index is 5.59. The van der Waals surface area contributed by atoms with Gasteiger partial charge in [-0.25, -0.2) is 0 Å². The molecule has 2 aromatic rings. The Labute approximate surface area is 89.7 Å². The van der Waals surface area contributed by atoms with Gasteiger partial charge in [-0.2, -0.15) is 0 Å². The summed E-state index contributed by atoms with van der Waals surface area (Å²) in [5, 5.41) is 1.17. The second kappa shape index (κ2) is 3.80. The van der Waals surface area contributed by atoms with Crippen LogP contribution < -0.4 is 5.73 Å². The van der Waals surface area contributed by atoms with Crippen molar-refractivity contribution in [2.45, 2.75) is 6.42 Å². The first-order chi connectivity index (χ1) is 7.27. The molecule has 0 aliphatic carbocycles. The molecule has 2 nitrogen and oxygen atoms in total. The van der Waals surface area contributed by atoms with E-state index in [2.05, 4.69) is 22.8 Å². The molecular weight excluding hydrogens is 184 g/mol. The predicted molar refractivity (Wildman–Crippen MR) is 63.6 cm³/mol. The topological polar surface area (TPSA) is 30.9 Å². The number of hydrogen-bond donors (Lipinski definition) is 1. The fourth-order valence-corrected chi connectivity index (χ4v) is 2.00. The Morgan fingerprint density at radius 3 is 2.93 bits per heavy atom.